The summed E-state index contributed by atoms with van der Waals surface area (Å²) in [5.41, 5.74) is 3.80. The van der Waals surface area contributed by atoms with Crippen LogP contribution in [0.15, 0.2) is 42.6 Å². The second kappa shape index (κ2) is 8.31. The average Bonchev–Trinajstić information content (AvgIpc) is 2.63. The molecule has 2 atom stereocenters. The number of aromatic nitrogens is 1. The van der Waals surface area contributed by atoms with Crippen LogP contribution in [-0.2, 0) is 16.1 Å². The average molecular weight is 367 g/mol. The third kappa shape index (κ3) is 5.14. The maximum atomic E-state index is 12.7. The molecule has 1 saturated heterocycles. The van der Waals surface area contributed by atoms with Crippen LogP contribution in [0, 0.1) is 25.7 Å². The third-order valence-electron chi connectivity index (χ3n) is 4.91. The number of carboxylic acid groups (broad SMARTS) is 1. The predicted octanol–water partition coefficient (Wildman–Crippen LogP) is 2.86. The Labute approximate surface area is 159 Å². The Balaban J connectivity index is 1.70. The molecule has 1 fully saturated rings. The van der Waals surface area contributed by atoms with Crippen molar-refractivity contribution < 1.29 is 14.7 Å². The Morgan fingerprint density at radius 3 is 2.63 bits per heavy atom. The van der Waals surface area contributed by atoms with Gasteiger partial charge in [0.1, 0.15) is 0 Å². The highest BCUT2D eigenvalue weighted by Gasteiger charge is 2.35. The van der Waals surface area contributed by atoms with Crippen LogP contribution in [0.25, 0.3) is 0 Å². The molecule has 6 nitrogen and oxygen atoms in total. The SMILES string of the molecule is Cc1cccc(CN2C[C@@H](C(=O)O)C[C@H](C(=O)Nc3ccc(C)nc3)C2)c1. The quantitative estimate of drug-likeness (QED) is 0.849. The van der Waals surface area contributed by atoms with Crippen molar-refractivity contribution in [2.24, 2.45) is 11.8 Å². The molecule has 1 aliphatic rings. The summed E-state index contributed by atoms with van der Waals surface area (Å²) in [5, 5.41) is 12.4. The van der Waals surface area contributed by atoms with Crippen LogP contribution >= 0.6 is 0 Å². The molecule has 0 radical (unpaired) electrons. The van der Waals surface area contributed by atoms with Crippen LogP contribution in [0.5, 0.6) is 0 Å². The van der Waals surface area contributed by atoms with Gasteiger partial charge >= 0.3 is 5.97 Å². The van der Waals surface area contributed by atoms with Gasteiger partial charge in [-0.05, 0) is 38.0 Å². The molecule has 142 valence electrons. The molecular weight excluding hydrogens is 342 g/mol. The minimum atomic E-state index is -0.848. The topological polar surface area (TPSA) is 82.5 Å². The first-order chi connectivity index (χ1) is 12.9. The molecule has 27 heavy (non-hydrogen) atoms. The van der Waals surface area contributed by atoms with Crippen LogP contribution in [0.3, 0.4) is 0 Å². The minimum absolute atomic E-state index is 0.152. The van der Waals surface area contributed by atoms with Gasteiger partial charge in [-0.1, -0.05) is 29.8 Å². The van der Waals surface area contributed by atoms with Gasteiger partial charge in [-0.25, -0.2) is 0 Å². The zero-order valence-electron chi connectivity index (χ0n) is 15.7. The number of benzene rings is 1. The largest absolute Gasteiger partial charge is 0.481 e. The molecule has 0 unspecified atom stereocenters. The number of nitrogens with one attached hydrogen (secondary N) is 1. The summed E-state index contributed by atoms with van der Waals surface area (Å²) >= 11 is 0. The molecule has 0 aliphatic carbocycles. The monoisotopic (exact) mass is 367 g/mol. The summed E-state index contributed by atoms with van der Waals surface area (Å²) in [4.78, 5) is 30.6. The first kappa shape index (κ1) is 19.0. The number of rotatable bonds is 5. The summed E-state index contributed by atoms with van der Waals surface area (Å²) in [6, 6.07) is 11.8. The van der Waals surface area contributed by atoms with E-state index < -0.39 is 11.9 Å². The fraction of sp³-hybridized carbons (Fsp3) is 0.381. The van der Waals surface area contributed by atoms with E-state index in [4.69, 9.17) is 0 Å². The van der Waals surface area contributed by atoms with Crippen LogP contribution < -0.4 is 5.32 Å². The van der Waals surface area contributed by atoms with E-state index in [1.807, 2.05) is 44.2 Å². The molecule has 3 rings (SSSR count). The molecule has 0 spiro atoms. The number of pyridine rings is 1. The first-order valence-electron chi connectivity index (χ1n) is 9.15. The number of hydrogen-bond donors (Lipinski definition) is 2. The number of carbonyl (C=O) groups excluding carboxylic acids is 1. The van der Waals surface area contributed by atoms with Crippen molar-refractivity contribution in [3.05, 3.63) is 59.4 Å². The molecule has 1 aliphatic heterocycles. The van der Waals surface area contributed by atoms with Crippen molar-refractivity contribution in [3.63, 3.8) is 0 Å². The highest BCUT2D eigenvalue weighted by atomic mass is 16.4. The van der Waals surface area contributed by atoms with Gasteiger partial charge in [-0.2, -0.15) is 0 Å². The number of piperidine rings is 1. The zero-order valence-corrected chi connectivity index (χ0v) is 15.7. The van der Waals surface area contributed by atoms with Crippen molar-refractivity contribution in [1.82, 2.24) is 9.88 Å². The fourth-order valence-corrected chi connectivity index (χ4v) is 3.54. The fourth-order valence-electron chi connectivity index (χ4n) is 3.54. The molecule has 2 heterocycles. The third-order valence-corrected chi connectivity index (χ3v) is 4.91. The Bertz CT molecular complexity index is 820. The standard InChI is InChI=1S/C21H25N3O3/c1-14-4-3-5-16(8-14)11-24-12-17(9-18(13-24)21(26)27)20(25)23-19-7-6-15(2)22-10-19/h3-8,10,17-18H,9,11-13H2,1-2H3,(H,23,25)(H,26,27)/t17-,18-/m0/s1. The number of likely N-dealkylation sites (tertiary alicyclic amines) is 1. The summed E-state index contributed by atoms with van der Waals surface area (Å²) < 4.78 is 0. The predicted molar refractivity (Wildman–Crippen MR) is 103 cm³/mol. The Morgan fingerprint density at radius 2 is 1.96 bits per heavy atom. The summed E-state index contributed by atoms with van der Waals surface area (Å²) in [6.45, 7) is 5.56. The second-order valence-corrected chi connectivity index (χ2v) is 7.33. The lowest BCUT2D eigenvalue weighted by Gasteiger charge is -2.35. The van der Waals surface area contributed by atoms with Gasteiger partial charge in [0.2, 0.25) is 5.91 Å². The molecule has 0 bridgehead atoms. The van der Waals surface area contributed by atoms with E-state index in [0.29, 0.717) is 31.7 Å². The lowest BCUT2D eigenvalue weighted by Crippen LogP contribution is -2.46. The number of anilines is 1. The van der Waals surface area contributed by atoms with Gasteiger partial charge in [0, 0.05) is 25.3 Å². The van der Waals surface area contributed by atoms with Crippen molar-refractivity contribution in [1.29, 1.82) is 0 Å². The lowest BCUT2D eigenvalue weighted by molar-refractivity contribution is -0.145. The van der Waals surface area contributed by atoms with E-state index in [0.717, 1.165) is 11.3 Å². The number of carbonyl (C=O) groups is 2. The maximum Gasteiger partial charge on any atom is 0.307 e. The zero-order chi connectivity index (χ0) is 19.4. The lowest BCUT2D eigenvalue weighted by atomic mass is 9.88. The van der Waals surface area contributed by atoms with Crippen molar-refractivity contribution in [2.75, 3.05) is 18.4 Å². The second-order valence-electron chi connectivity index (χ2n) is 7.33. The molecule has 1 amide bonds. The van der Waals surface area contributed by atoms with Crippen LogP contribution in [0.1, 0.15) is 23.2 Å². The van der Waals surface area contributed by atoms with E-state index in [1.54, 1.807) is 6.20 Å². The van der Waals surface area contributed by atoms with E-state index in [1.165, 1.54) is 5.56 Å². The number of nitrogens with zero attached hydrogens (tertiary/aromatic N) is 2. The molecule has 6 heteroatoms. The highest BCUT2D eigenvalue weighted by molar-refractivity contribution is 5.93. The Morgan fingerprint density at radius 1 is 1.19 bits per heavy atom. The van der Waals surface area contributed by atoms with Gasteiger partial charge in [-0.3, -0.25) is 19.5 Å². The van der Waals surface area contributed by atoms with Gasteiger partial charge in [0.05, 0.1) is 23.7 Å². The minimum Gasteiger partial charge on any atom is -0.481 e. The van der Waals surface area contributed by atoms with E-state index in [2.05, 4.69) is 21.3 Å². The van der Waals surface area contributed by atoms with Gasteiger partial charge in [0.15, 0.2) is 0 Å². The molecule has 0 saturated carbocycles. The number of hydrogen-bond acceptors (Lipinski definition) is 4. The van der Waals surface area contributed by atoms with Crippen LogP contribution in [-0.4, -0.2) is 40.0 Å². The molecule has 2 N–H and O–H groups in total. The van der Waals surface area contributed by atoms with Crippen LogP contribution in [0.4, 0.5) is 5.69 Å². The van der Waals surface area contributed by atoms with Gasteiger partial charge in [-0.15, -0.1) is 0 Å². The molecular formula is C21H25N3O3. The summed E-state index contributed by atoms with van der Waals surface area (Å²) in [7, 11) is 0. The highest BCUT2D eigenvalue weighted by Crippen LogP contribution is 2.25. The molecule has 1 aromatic heterocycles. The van der Waals surface area contributed by atoms with Crippen LogP contribution in [0.2, 0.25) is 0 Å². The smallest absolute Gasteiger partial charge is 0.307 e. The first-order valence-corrected chi connectivity index (χ1v) is 9.15. The molecule has 2 aromatic rings. The van der Waals surface area contributed by atoms with Gasteiger partial charge < -0.3 is 10.4 Å². The van der Waals surface area contributed by atoms with E-state index in [9.17, 15) is 14.7 Å². The molecule has 1 aromatic carbocycles. The van der Waals surface area contributed by atoms with Gasteiger partial charge in [0.25, 0.3) is 0 Å². The van der Waals surface area contributed by atoms with Crippen molar-refractivity contribution in [3.8, 4) is 0 Å². The summed E-state index contributed by atoms with van der Waals surface area (Å²) in [6.07, 6.45) is 1.97. The number of amides is 1. The Kier molecular flexibility index (Phi) is 5.86. The normalized spacial score (nSPS) is 20.2. The number of aliphatic carboxylic acids is 1. The van der Waals surface area contributed by atoms with Crippen molar-refractivity contribution in [2.45, 2.75) is 26.8 Å². The number of aryl methyl sites for hydroxylation is 2. The maximum absolute atomic E-state index is 12.7. The summed E-state index contributed by atoms with van der Waals surface area (Å²) in [5.74, 6) is -1.92. The number of carboxylic acids is 1. The van der Waals surface area contributed by atoms with E-state index in [-0.39, 0.29) is 11.8 Å². The van der Waals surface area contributed by atoms with E-state index >= 15 is 0 Å². The Hall–Kier alpha value is -2.73. The van der Waals surface area contributed by atoms with Crippen molar-refractivity contribution >= 4 is 17.6 Å².